The van der Waals surface area contributed by atoms with Crippen molar-refractivity contribution in [1.29, 1.82) is 0 Å². The van der Waals surface area contributed by atoms with Crippen molar-refractivity contribution in [3.63, 3.8) is 0 Å². The molecule has 1 aromatic rings. The van der Waals surface area contributed by atoms with E-state index in [1.807, 2.05) is 0 Å². The normalized spacial score (nSPS) is 19.8. The van der Waals surface area contributed by atoms with E-state index in [4.69, 9.17) is 0 Å². The van der Waals surface area contributed by atoms with Crippen LogP contribution in [0, 0.1) is 0 Å². The van der Waals surface area contributed by atoms with Gasteiger partial charge in [-0.05, 0) is 12.5 Å². The first-order valence-corrected chi connectivity index (χ1v) is 5.72. The van der Waals surface area contributed by atoms with E-state index in [0.29, 0.717) is 6.42 Å². The van der Waals surface area contributed by atoms with Gasteiger partial charge in [-0.25, -0.2) is 0 Å². The van der Waals surface area contributed by atoms with E-state index in [0.717, 1.165) is 0 Å². The van der Waals surface area contributed by atoms with Crippen LogP contribution in [0.4, 0.5) is 0 Å². The Morgan fingerprint density at radius 2 is 2.33 bits per heavy atom. The molecule has 0 saturated carbocycles. The molecule has 1 saturated heterocycles. The zero-order chi connectivity index (χ0) is 13.1. The quantitative estimate of drug-likeness (QED) is 0.708. The highest BCUT2D eigenvalue weighted by molar-refractivity contribution is 6.04. The van der Waals surface area contributed by atoms with Crippen molar-refractivity contribution in [3.05, 3.63) is 18.5 Å². The standard InChI is InChI=1S/C11H14N4O3/c1-2-8-11(18)13-9(16)6-15(8)10(17)7-14-5-3-4-12-14/h3-5,8H,2,6-7H2,1H3,(H,13,16,18). The fraction of sp³-hybridized carbons (Fsp3) is 0.455. The first kappa shape index (κ1) is 12.3. The van der Waals surface area contributed by atoms with Crippen LogP contribution in [0.3, 0.4) is 0 Å². The van der Waals surface area contributed by atoms with Gasteiger partial charge in [0.05, 0.1) is 0 Å². The van der Waals surface area contributed by atoms with E-state index in [2.05, 4.69) is 10.4 Å². The summed E-state index contributed by atoms with van der Waals surface area (Å²) in [5.74, 6) is -1.14. The summed E-state index contributed by atoms with van der Waals surface area (Å²) in [6.07, 6.45) is 3.70. The first-order valence-electron chi connectivity index (χ1n) is 5.72. The molecule has 0 radical (unpaired) electrons. The summed E-state index contributed by atoms with van der Waals surface area (Å²) in [7, 11) is 0. The van der Waals surface area contributed by atoms with Crippen molar-refractivity contribution in [3.8, 4) is 0 Å². The van der Waals surface area contributed by atoms with Crippen LogP contribution in [0.5, 0.6) is 0 Å². The number of nitrogens with one attached hydrogen (secondary N) is 1. The molecule has 2 heterocycles. The van der Waals surface area contributed by atoms with E-state index in [9.17, 15) is 14.4 Å². The molecule has 1 unspecified atom stereocenters. The molecule has 1 aliphatic heterocycles. The van der Waals surface area contributed by atoms with Crippen molar-refractivity contribution in [2.45, 2.75) is 25.9 Å². The molecule has 1 N–H and O–H groups in total. The smallest absolute Gasteiger partial charge is 0.249 e. The maximum atomic E-state index is 12.1. The predicted octanol–water partition coefficient (Wildman–Crippen LogP) is -0.853. The average molecular weight is 250 g/mol. The number of hydrogen-bond donors (Lipinski definition) is 1. The minimum atomic E-state index is -0.578. The van der Waals surface area contributed by atoms with Gasteiger partial charge in [0, 0.05) is 12.4 Å². The van der Waals surface area contributed by atoms with Crippen molar-refractivity contribution in [1.82, 2.24) is 20.0 Å². The van der Waals surface area contributed by atoms with Gasteiger partial charge in [0.25, 0.3) is 0 Å². The lowest BCUT2D eigenvalue weighted by atomic mass is 10.1. The number of carbonyl (C=O) groups is 3. The molecule has 7 nitrogen and oxygen atoms in total. The molecule has 3 amide bonds. The number of amides is 3. The van der Waals surface area contributed by atoms with Crippen LogP contribution in [0.15, 0.2) is 18.5 Å². The lowest BCUT2D eigenvalue weighted by molar-refractivity contribution is -0.150. The van der Waals surface area contributed by atoms with Gasteiger partial charge in [0.1, 0.15) is 19.1 Å². The molecule has 0 aromatic carbocycles. The molecule has 1 fully saturated rings. The lowest BCUT2D eigenvalue weighted by Crippen LogP contribution is -2.60. The molecule has 2 rings (SSSR count). The Labute approximate surface area is 104 Å². The second-order valence-corrected chi connectivity index (χ2v) is 4.06. The van der Waals surface area contributed by atoms with Crippen LogP contribution in [-0.2, 0) is 20.9 Å². The Balaban J connectivity index is 2.11. The van der Waals surface area contributed by atoms with Crippen molar-refractivity contribution in [2.75, 3.05) is 6.54 Å². The number of imide groups is 1. The average Bonchev–Trinajstić information content (AvgIpc) is 2.80. The third kappa shape index (κ3) is 2.39. The van der Waals surface area contributed by atoms with Gasteiger partial charge in [-0.3, -0.25) is 24.4 Å². The summed E-state index contributed by atoms with van der Waals surface area (Å²) in [4.78, 5) is 36.3. The largest absolute Gasteiger partial charge is 0.320 e. The molecule has 18 heavy (non-hydrogen) atoms. The van der Waals surface area contributed by atoms with E-state index in [1.54, 1.807) is 25.4 Å². The van der Waals surface area contributed by atoms with Crippen molar-refractivity contribution in [2.24, 2.45) is 0 Å². The van der Waals surface area contributed by atoms with E-state index < -0.39 is 17.9 Å². The zero-order valence-electron chi connectivity index (χ0n) is 10.00. The highest BCUT2D eigenvalue weighted by Crippen LogP contribution is 2.10. The third-order valence-electron chi connectivity index (χ3n) is 2.82. The van der Waals surface area contributed by atoms with Gasteiger partial charge < -0.3 is 4.90 Å². The predicted molar refractivity (Wildman–Crippen MR) is 61.2 cm³/mol. The van der Waals surface area contributed by atoms with E-state index in [-0.39, 0.29) is 19.0 Å². The Morgan fingerprint density at radius 1 is 1.56 bits per heavy atom. The van der Waals surface area contributed by atoms with Gasteiger partial charge in [0.2, 0.25) is 17.7 Å². The van der Waals surface area contributed by atoms with E-state index in [1.165, 1.54) is 9.58 Å². The number of rotatable bonds is 3. The van der Waals surface area contributed by atoms with Crippen molar-refractivity contribution >= 4 is 17.7 Å². The molecule has 1 aromatic heterocycles. The fourth-order valence-corrected chi connectivity index (χ4v) is 1.96. The Kier molecular flexibility index (Phi) is 3.40. The van der Waals surface area contributed by atoms with Crippen molar-refractivity contribution < 1.29 is 14.4 Å². The molecule has 96 valence electrons. The van der Waals surface area contributed by atoms with Crippen LogP contribution >= 0.6 is 0 Å². The van der Waals surface area contributed by atoms with Gasteiger partial charge in [-0.2, -0.15) is 5.10 Å². The number of carbonyl (C=O) groups excluding carboxylic acids is 3. The van der Waals surface area contributed by atoms with Crippen LogP contribution < -0.4 is 5.32 Å². The summed E-state index contributed by atoms with van der Waals surface area (Å²) >= 11 is 0. The zero-order valence-corrected chi connectivity index (χ0v) is 10.00. The molecular weight excluding hydrogens is 236 g/mol. The molecule has 7 heteroatoms. The van der Waals surface area contributed by atoms with Gasteiger partial charge in [-0.1, -0.05) is 6.92 Å². The van der Waals surface area contributed by atoms with Crippen LogP contribution in [-0.4, -0.2) is 45.0 Å². The Morgan fingerprint density at radius 3 is 2.94 bits per heavy atom. The SMILES string of the molecule is CCC1C(=O)NC(=O)CN1C(=O)Cn1cccn1. The monoisotopic (exact) mass is 250 g/mol. The molecule has 1 aliphatic rings. The summed E-state index contributed by atoms with van der Waals surface area (Å²) in [5.41, 5.74) is 0. The number of nitrogens with zero attached hydrogens (tertiary/aromatic N) is 3. The second kappa shape index (κ2) is 4.99. The third-order valence-corrected chi connectivity index (χ3v) is 2.82. The van der Waals surface area contributed by atoms with Gasteiger partial charge in [0.15, 0.2) is 0 Å². The fourth-order valence-electron chi connectivity index (χ4n) is 1.96. The highest BCUT2D eigenvalue weighted by Gasteiger charge is 2.35. The maximum Gasteiger partial charge on any atom is 0.249 e. The van der Waals surface area contributed by atoms with Gasteiger partial charge in [-0.15, -0.1) is 0 Å². The topological polar surface area (TPSA) is 84.3 Å². The highest BCUT2D eigenvalue weighted by atomic mass is 16.2. The molecule has 0 spiro atoms. The number of hydrogen-bond acceptors (Lipinski definition) is 4. The molecule has 0 bridgehead atoms. The Bertz CT molecular complexity index is 469. The molecule has 0 aliphatic carbocycles. The summed E-state index contributed by atoms with van der Waals surface area (Å²) in [6.45, 7) is 1.75. The minimum absolute atomic E-state index is 0.0318. The summed E-state index contributed by atoms with van der Waals surface area (Å²) in [6, 6.07) is 1.13. The molecule has 1 atom stereocenters. The maximum absolute atomic E-state index is 12.1. The minimum Gasteiger partial charge on any atom is -0.320 e. The summed E-state index contributed by atoms with van der Waals surface area (Å²) < 4.78 is 1.46. The van der Waals surface area contributed by atoms with E-state index >= 15 is 0 Å². The van der Waals surface area contributed by atoms with Gasteiger partial charge >= 0.3 is 0 Å². The second-order valence-electron chi connectivity index (χ2n) is 4.06. The van der Waals surface area contributed by atoms with Crippen LogP contribution in [0.1, 0.15) is 13.3 Å². The lowest BCUT2D eigenvalue weighted by Gasteiger charge is -2.33. The van der Waals surface area contributed by atoms with Crippen LogP contribution in [0.2, 0.25) is 0 Å². The number of aromatic nitrogens is 2. The molecular formula is C11H14N4O3. The number of piperazine rings is 1. The first-order chi connectivity index (χ1) is 8.61. The Hall–Kier alpha value is -2.18. The van der Waals surface area contributed by atoms with Crippen LogP contribution in [0.25, 0.3) is 0 Å². The summed E-state index contributed by atoms with van der Waals surface area (Å²) in [5, 5.41) is 6.15.